The van der Waals surface area contributed by atoms with Crippen LogP contribution in [0.2, 0.25) is 0 Å². The standard InChI is InChI=1S/C15H14N2O2/c1-10-6-11(8-16)9-17-15(10)13-5-4-12(18-2)7-14(13)19-3/h4-7,9H,1-3H3. The van der Waals surface area contributed by atoms with Crippen LogP contribution in [0, 0.1) is 18.3 Å². The summed E-state index contributed by atoms with van der Waals surface area (Å²) in [6, 6.07) is 9.47. The van der Waals surface area contributed by atoms with Crippen molar-refractivity contribution >= 4 is 0 Å². The van der Waals surface area contributed by atoms with Gasteiger partial charge in [0.05, 0.1) is 25.5 Å². The van der Waals surface area contributed by atoms with Crippen molar-refractivity contribution in [2.75, 3.05) is 14.2 Å². The number of hydrogen-bond donors (Lipinski definition) is 0. The zero-order valence-corrected chi connectivity index (χ0v) is 11.1. The fraction of sp³-hybridized carbons (Fsp3) is 0.200. The average Bonchev–Trinajstić information content (AvgIpc) is 2.46. The predicted octanol–water partition coefficient (Wildman–Crippen LogP) is 2.95. The maximum absolute atomic E-state index is 8.86. The van der Waals surface area contributed by atoms with Crippen LogP contribution in [0.15, 0.2) is 30.5 Å². The Morgan fingerprint density at radius 1 is 1.16 bits per heavy atom. The molecule has 0 bridgehead atoms. The Balaban J connectivity index is 2.56. The molecule has 4 nitrogen and oxygen atoms in total. The van der Waals surface area contributed by atoms with Gasteiger partial charge in [0.1, 0.15) is 17.6 Å². The second-order valence-corrected chi connectivity index (χ2v) is 4.07. The van der Waals surface area contributed by atoms with E-state index in [1.165, 1.54) is 0 Å². The molecule has 0 atom stereocenters. The highest BCUT2D eigenvalue weighted by atomic mass is 16.5. The summed E-state index contributed by atoms with van der Waals surface area (Å²) in [5.41, 5.74) is 3.17. The zero-order chi connectivity index (χ0) is 13.8. The molecule has 0 spiro atoms. The molecular weight excluding hydrogens is 240 g/mol. The van der Waals surface area contributed by atoms with Gasteiger partial charge < -0.3 is 9.47 Å². The first-order valence-corrected chi connectivity index (χ1v) is 5.78. The average molecular weight is 254 g/mol. The maximum atomic E-state index is 8.86. The van der Waals surface area contributed by atoms with Crippen LogP contribution in [0.5, 0.6) is 11.5 Å². The summed E-state index contributed by atoms with van der Waals surface area (Å²) < 4.78 is 10.5. The molecule has 0 radical (unpaired) electrons. The van der Waals surface area contributed by atoms with E-state index in [0.29, 0.717) is 11.3 Å². The highest BCUT2D eigenvalue weighted by Gasteiger charge is 2.11. The van der Waals surface area contributed by atoms with Gasteiger partial charge in [0.15, 0.2) is 0 Å². The molecule has 19 heavy (non-hydrogen) atoms. The number of nitriles is 1. The van der Waals surface area contributed by atoms with Crippen LogP contribution in [0.3, 0.4) is 0 Å². The van der Waals surface area contributed by atoms with Crippen molar-refractivity contribution in [3.05, 3.63) is 41.6 Å². The molecule has 1 aromatic carbocycles. The van der Waals surface area contributed by atoms with E-state index in [9.17, 15) is 0 Å². The van der Waals surface area contributed by atoms with Crippen molar-refractivity contribution in [3.8, 4) is 28.8 Å². The van der Waals surface area contributed by atoms with Gasteiger partial charge in [-0.1, -0.05) is 0 Å². The monoisotopic (exact) mass is 254 g/mol. The van der Waals surface area contributed by atoms with E-state index >= 15 is 0 Å². The van der Waals surface area contributed by atoms with Crippen LogP contribution in [-0.2, 0) is 0 Å². The molecule has 0 saturated carbocycles. The van der Waals surface area contributed by atoms with Gasteiger partial charge in [-0.3, -0.25) is 4.98 Å². The zero-order valence-electron chi connectivity index (χ0n) is 11.1. The van der Waals surface area contributed by atoms with Crippen molar-refractivity contribution in [2.45, 2.75) is 6.92 Å². The van der Waals surface area contributed by atoms with Gasteiger partial charge in [0.2, 0.25) is 0 Å². The van der Waals surface area contributed by atoms with Crippen LogP contribution in [-0.4, -0.2) is 19.2 Å². The smallest absolute Gasteiger partial charge is 0.131 e. The molecule has 0 aliphatic rings. The Labute approximate surface area is 112 Å². The second kappa shape index (κ2) is 5.40. The lowest BCUT2D eigenvalue weighted by Crippen LogP contribution is -1.94. The number of rotatable bonds is 3. The Kier molecular flexibility index (Phi) is 3.67. The third-order valence-corrected chi connectivity index (χ3v) is 2.87. The van der Waals surface area contributed by atoms with Gasteiger partial charge >= 0.3 is 0 Å². The molecule has 2 rings (SSSR count). The van der Waals surface area contributed by atoms with E-state index in [4.69, 9.17) is 14.7 Å². The third kappa shape index (κ3) is 2.50. The minimum atomic E-state index is 0.550. The molecular formula is C15H14N2O2. The van der Waals surface area contributed by atoms with E-state index in [1.807, 2.05) is 31.2 Å². The van der Waals surface area contributed by atoms with Crippen LogP contribution in [0.25, 0.3) is 11.3 Å². The van der Waals surface area contributed by atoms with Gasteiger partial charge in [-0.25, -0.2) is 0 Å². The van der Waals surface area contributed by atoms with E-state index in [1.54, 1.807) is 20.4 Å². The number of hydrogen-bond acceptors (Lipinski definition) is 4. The van der Waals surface area contributed by atoms with E-state index in [0.717, 1.165) is 22.6 Å². The molecule has 1 heterocycles. The fourth-order valence-corrected chi connectivity index (χ4v) is 1.91. The molecule has 1 aromatic heterocycles. The maximum Gasteiger partial charge on any atom is 0.131 e. The lowest BCUT2D eigenvalue weighted by molar-refractivity contribution is 0.395. The minimum absolute atomic E-state index is 0.550. The number of ether oxygens (including phenoxy) is 2. The van der Waals surface area contributed by atoms with E-state index in [2.05, 4.69) is 11.1 Å². The van der Waals surface area contributed by atoms with Crippen LogP contribution < -0.4 is 9.47 Å². The van der Waals surface area contributed by atoms with Crippen LogP contribution in [0.4, 0.5) is 0 Å². The summed E-state index contributed by atoms with van der Waals surface area (Å²) in [6.45, 7) is 1.92. The SMILES string of the molecule is COc1ccc(-c2ncc(C#N)cc2C)c(OC)c1. The summed E-state index contributed by atoms with van der Waals surface area (Å²) in [4.78, 5) is 4.34. The third-order valence-electron chi connectivity index (χ3n) is 2.87. The van der Waals surface area contributed by atoms with Crippen LogP contribution in [0.1, 0.15) is 11.1 Å². The number of aryl methyl sites for hydroxylation is 1. The van der Waals surface area contributed by atoms with Crippen molar-refractivity contribution in [1.29, 1.82) is 5.26 Å². The Bertz CT molecular complexity index is 645. The van der Waals surface area contributed by atoms with Gasteiger partial charge in [-0.15, -0.1) is 0 Å². The second-order valence-electron chi connectivity index (χ2n) is 4.07. The van der Waals surface area contributed by atoms with Gasteiger partial charge in [-0.2, -0.15) is 5.26 Å². The van der Waals surface area contributed by atoms with E-state index < -0.39 is 0 Å². The fourth-order valence-electron chi connectivity index (χ4n) is 1.91. The molecule has 0 saturated heterocycles. The Hall–Kier alpha value is -2.54. The first kappa shape index (κ1) is 12.9. The van der Waals surface area contributed by atoms with Gasteiger partial charge in [0, 0.05) is 17.8 Å². The lowest BCUT2D eigenvalue weighted by atomic mass is 10.0. The molecule has 0 amide bonds. The Morgan fingerprint density at radius 3 is 2.53 bits per heavy atom. The number of benzene rings is 1. The number of nitrogens with zero attached hydrogens (tertiary/aromatic N) is 2. The summed E-state index contributed by atoms with van der Waals surface area (Å²) in [7, 11) is 3.22. The predicted molar refractivity (Wildman–Crippen MR) is 72.2 cm³/mol. The summed E-state index contributed by atoms with van der Waals surface area (Å²) in [5.74, 6) is 1.42. The first-order chi connectivity index (χ1) is 9.19. The van der Waals surface area contributed by atoms with Crippen molar-refractivity contribution < 1.29 is 9.47 Å². The number of methoxy groups -OCH3 is 2. The molecule has 0 unspecified atom stereocenters. The quantitative estimate of drug-likeness (QED) is 0.845. The number of pyridine rings is 1. The molecule has 0 fully saturated rings. The molecule has 0 aliphatic heterocycles. The van der Waals surface area contributed by atoms with Gasteiger partial charge in [-0.05, 0) is 30.7 Å². The number of aromatic nitrogens is 1. The molecule has 4 heteroatoms. The minimum Gasteiger partial charge on any atom is -0.497 e. The van der Waals surface area contributed by atoms with Crippen molar-refractivity contribution in [3.63, 3.8) is 0 Å². The van der Waals surface area contributed by atoms with Gasteiger partial charge in [0.25, 0.3) is 0 Å². The Morgan fingerprint density at radius 2 is 1.95 bits per heavy atom. The molecule has 96 valence electrons. The lowest BCUT2D eigenvalue weighted by Gasteiger charge is -2.11. The summed E-state index contributed by atoms with van der Waals surface area (Å²) in [5, 5.41) is 8.86. The van der Waals surface area contributed by atoms with Crippen molar-refractivity contribution in [2.24, 2.45) is 0 Å². The topological polar surface area (TPSA) is 55.1 Å². The van der Waals surface area contributed by atoms with E-state index in [-0.39, 0.29) is 0 Å². The largest absolute Gasteiger partial charge is 0.497 e. The van der Waals surface area contributed by atoms with Crippen molar-refractivity contribution in [1.82, 2.24) is 4.98 Å². The summed E-state index contributed by atoms with van der Waals surface area (Å²) >= 11 is 0. The highest BCUT2D eigenvalue weighted by Crippen LogP contribution is 2.33. The summed E-state index contributed by atoms with van der Waals surface area (Å²) in [6.07, 6.45) is 1.56. The molecule has 0 N–H and O–H groups in total. The molecule has 0 aliphatic carbocycles. The first-order valence-electron chi connectivity index (χ1n) is 5.78. The highest BCUT2D eigenvalue weighted by molar-refractivity contribution is 5.71. The molecule has 2 aromatic rings. The normalized spacial score (nSPS) is 9.79. The van der Waals surface area contributed by atoms with Crippen LogP contribution >= 0.6 is 0 Å².